The summed E-state index contributed by atoms with van der Waals surface area (Å²) < 4.78 is 0. The molecule has 19 heavy (non-hydrogen) atoms. The fourth-order valence-electron chi connectivity index (χ4n) is 1.70. The second-order valence-corrected chi connectivity index (χ2v) is 5.79. The molecule has 0 aliphatic carbocycles. The molecular weight excluding hydrogens is 276 g/mol. The molecule has 0 bridgehead atoms. The molecule has 1 N–H and O–H groups in total. The minimum Gasteiger partial charge on any atom is -0.313 e. The molecule has 1 heterocycles. The van der Waals surface area contributed by atoms with E-state index in [-0.39, 0.29) is 0 Å². The Labute approximate surface area is 123 Å². The molecule has 2 rings (SSSR count). The number of pyridine rings is 1. The zero-order chi connectivity index (χ0) is 13.7. The van der Waals surface area contributed by atoms with Gasteiger partial charge in [-0.15, -0.1) is 11.8 Å². The lowest BCUT2D eigenvalue weighted by Gasteiger charge is -2.11. The third-order valence-electron chi connectivity index (χ3n) is 3.06. The maximum Gasteiger partial charge on any atom is 0.0629 e. The molecule has 0 radical (unpaired) electrons. The lowest BCUT2D eigenvalue weighted by Crippen LogP contribution is -2.11. The van der Waals surface area contributed by atoms with E-state index < -0.39 is 0 Å². The van der Waals surface area contributed by atoms with Gasteiger partial charge in [0, 0.05) is 29.1 Å². The molecule has 0 fully saturated rings. The number of rotatable bonds is 5. The van der Waals surface area contributed by atoms with Crippen molar-refractivity contribution in [2.24, 2.45) is 0 Å². The number of thioether (sulfide) groups is 1. The zero-order valence-electron chi connectivity index (χ0n) is 11.1. The quantitative estimate of drug-likeness (QED) is 0.831. The molecule has 1 aromatic carbocycles. The van der Waals surface area contributed by atoms with Gasteiger partial charge in [0.25, 0.3) is 0 Å². The van der Waals surface area contributed by atoms with Gasteiger partial charge in [0.1, 0.15) is 0 Å². The predicted molar refractivity (Wildman–Crippen MR) is 82.7 cm³/mol. The Hall–Kier alpha value is -1.03. The van der Waals surface area contributed by atoms with Crippen LogP contribution in [0.3, 0.4) is 0 Å². The second-order valence-electron chi connectivity index (χ2n) is 4.34. The maximum absolute atomic E-state index is 6.09. The topological polar surface area (TPSA) is 24.9 Å². The molecular formula is C15H17ClN2S. The summed E-state index contributed by atoms with van der Waals surface area (Å²) in [4.78, 5) is 5.24. The van der Waals surface area contributed by atoms with Crippen LogP contribution in [-0.4, -0.2) is 12.0 Å². The summed E-state index contributed by atoms with van der Waals surface area (Å²) >= 11 is 7.88. The lowest BCUT2D eigenvalue weighted by molar-refractivity contribution is 0.652. The molecule has 0 aliphatic heterocycles. The number of hydrogen-bond donors (Lipinski definition) is 1. The van der Waals surface area contributed by atoms with Crippen LogP contribution < -0.4 is 5.32 Å². The van der Waals surface area contributed by atoms with Crippen LogP contribution in [-0.2, 0) is 5.75 Å². The summed E-state index contributed by atoms with van der Waals surface area (Å²) in [5, 5.41) is 3.97. The highest BCUT2D eigenvalue weighted by Gasteiger charge is 2.04. The zero-order valence-corrected chi connectivity index (χ0v) is 12.6. The normalized spacial score (nSPS) is 12.4. The first kappa shape index (κ1) is 14.4. The number of nitrogens with zero attached hydrogens (tertiary/aromatic N) is 1. The molecule has 4 heteroatoms. The van der Waals surface area contributed by atoms with Gasteiger partial charge in [-0.25, -0.2) is 0 Å². The van der Waals surface area contributed by atoms with E-state index in [0.717, 1.165) is 16.3 Å². The van der Waals surface area contributed by atoms with Crippen molar-refractivity contribution in [1.82, 2.24) is 10.3 Å². The van der Waals surface area contributed by atoms with Crippen LogP contribution in [0.2, 0.25) is 5.02 Å². The molecule has 2 aromatic rings. The molecule has 0 saturated heterocycles. The van der Waals surface area contributed by atoms with Crippen LogP contribution in [0.1, 0.15) is 24.1 Å². The van der Waals surface area contributed by atoms with Crippen LogP contribution >= 0.6 is 23.4 Å². The van der Waals surface area contributed by atoms with Gasteiger partial charge in [-0.1, -0.05) is 23.7 Å². The van der Waals surface area contributed by atoms with Gasteiger partial charge in [-0.2, -0.15) is 0 Å². The highest BCUT2D eigenvalue weighted by atomic mass is 35.5. The molecule has 1 atom stereocenters. The van der Waals surface area contributed by atoms with Gasteiger partial charge in [-0.05, 0) is 43.3 Å². The van der Waals surface area contributed by atoms with Crippen LogP contribution in [0, 0.1) is 0 Å². The number of halogens is 1. The summed E-state index contributed by atoms with van der Waals surface area (Å²) in [5.74, 6) is 0.863. The van der Waals surface area contributed by atoms with E-state index in [1.165, 1.54) is 10.5 Å². The second kappa shape index (κ2) is 6.94. The Balaban J connectivity index is 1.99. The van der Waals surface area contributed by atoms with Crippen molar-refractivity contribution in [2.75, 3.05) is 7.05 Å². The minimum absolute atomic E-state index is 0.383. The highest BCUT2D eigenvalue weighted by Crippen LogP contribution is 2.27. The Kier molecular flexibility index (Phi) is 5.25. The van der Waals surface area contributed by atoms with Crippen molar-refractivity contribution in [3.63, 3.8) is 0 Å². The first-order chi connectivity index (χ1) is 9.20. The third-order valence-corrected chi connectivity index (χ3v) is 4.47. The Morgan fingerprint density at radius 3 is 2.63 bits per heavy atom. The molecule has 100 valence electrons. The highest BCUT2D eigenvalue weighted by molar-refractivity contribution is 7.98. The van der Waals surface area contributed by atoms with Crippen LogP contribution in [0.5, 0.6) is 0 Å². The fourth-order valence-corrected chi connectivity index (χ4v) is 2.87. The first-order valence-corrected chi connectivity index (χ1v) is 7.55. The van der Waals surface area contributed by atoms with E-state index in [9.17, 15) is 0 Å². The van der Waals surface area contributed by atoms with Crippen molar-refractivity contribution >= 4 is 23.4 Å². The van der Waals surface area contributed by atoms with E-state index in [4.69, 9.17) is 11.6 Å². The summed E-state index contributed by atoms with van der Waals surface area (Å²) in [6.07, 6.45) is 3.47. The Morgan fingerprint density at radius 1 is 1.26 bits per heavy atom. The lowest BCUT2D eigenvalue weighted by atomic mass is 10.1. The summed E-state index contributed by atoms with van der Waals surface area (Å²) in [6, 6.07) is 11.0. The number of aromatic nitrogens is 1. The van der Waals surface area contributed by atoms with Crippen LogP contribution in [0.4, 0.5) is 0 Å². The van der Waals surface area contributed by atoms with Crippen molar-refractivity contribution in [1.29, 1.82) is 0 Å². The van der Waals surface area contributed by atoms with Gasteiger partial charge in [0.15, 0.2) is 0 Å². The fraction of sp³-hybridized carbons (Fsp3) is 0.267. The van der Waals surface area contributed by atoms with Gasteiger partial charge < -0.3 is 5.32 Å². The minimum atomic E-state index is 0.383. The largest absolute Gasteiger partial charge is 0.313 e. The van der Waals surface area contributed by atoms with E-state index in [1.807, 2.05) is 13.1 Å². The summed E-state index contributed by atoms with van der Waals surface area (Å²) in [6.45, 7) is 2.15. The van der Waals surface area contributed by atoms with Crippen molar-refractivity contribution < 1.29 is 0 Å². The standard InChI is InChI=1S/C15H17ClN2S/c1-11(17-2)12-3-5-14(6-4-12)19-10-13-7-8-18-9-15(13)16/h3-9,11,17H,10H2,1-2H3. The molecule has 1 aromatic heterocycles. The average Bonchev–Trinajstić information content (AvgIpc) is 2.46. The maximum atomic E-state index is 6.09. The van der Waals surface area contributed by atoms with Gasteiger partial charge >= 0.3 is 0 Å². The monoisotopic (exact) mass is 292 g/mol. The Bertz CT molecular complexity index is 528. The number of benzene rings is 1. The van der Waals surface area contributed by atoms with E-state index in [0.29, 0.717) is 6.04 Å². The van der Waals surface area contributed by atoms with Gasteiger partial charge in [0.05, 0.1) is 5.02 Å². The van der Waals surface area contributed by atoms with E-state index >= 15 is 0 Å². The van der Waals surface area contributed by atoms with E-state index in [2.05, 4.69) is 41.5 Å². The van der Waals surface area contributed by atoms with E-state index in [1.54, 1.807) is 24.2 Å². The third kappa shape index (κ3) is 3.96. The molecule has 2 nitrogen and oxygen atoms in total. The van der Waals surface area contributed by atoms with Gasteiger partial charge in [0.2, 0.25) is 0 Å². The van der Waals surface area contributed by atoms with Crippen LogP contribution in [0.25, 0.3) is 0 Å². The van der Waals surface area contributed by atoms with Crippen molar-refractivity contribution in [3.8, 4) is 0 Å². The SMILES string of the molecule is CNC(C)c1ccc(SCc2ccncc2Cl)cc1. The predicted octanol–water partition coefficient (Wildman–Crippen LogP) is 4.31. The van der Waals surface area contributed by atoms with Crippen molar-refractivity contribution in [3.05, 3.63) is 58.9 Å². The first-order valence-electron chi connectivity index (χ1n) is 6.19. The Morgan fingerprint density at radius 2 is 2.00 bits per heavy atom. The summed E-state index contributed by atoms with van der Waals surface area (Å²) in [5.41, 5.74) is 2.42. The molecule has 0 amide bonds. The molecule has 0 spiro atoms. The van der Waals surface area contributed by atoms with Gasteiger partial charge in [-0.3, -0.25) is 4.98 Å². The molecule has 0 saturated carbocycles. The number of hydrogen-bond acceptors (Lipinski definition) is 3. The van der Waals surface area contributed by atoms with Crippen LogP contribution in [0.15, 0.2) is 47.6 Å². The van der Waals surface area contributed by atoms with Crippen molar-refractivity contribution in [2.45, 2.75) is 23.6 Å². The number of nitrogens with one attached hydrogen (secondary N) is 1. The average molecular weight is 293 g/mol. The smallest absolute Gasteiger partial charge is 0.0629 e. The summed E-state index contributed by atoms with van der Waals surface area (Å²) in [7, 11) is 1.97. The molecule has 1 unspecified atom stereocenters. The molecule has 0 aliphatic rings.